The average molecular weight is 491 g/mol. The second kappa shape index (κ2) is 10.2. The first kappa shape index (κ1) is 24.5. The third kappa shape index (κ3) is 5.23. The van der Waals surface area contributed by atoms with Gasteiger partial charge in [0.25, 0.3) is 11.6 Å². The zero-order valence-corrected chi connectivity index (χ0v) is 18.7. The van der Waals surface area contributed by atoms with Gasteiger partial charge in [0.2, 0.25) is 11.8 Å². The van der Waals surface area contributed by atoms with E-state index in [-0.39, 0.29) is 22.9 Å². The molecule has 0 aliphatic carbocycles. The van der Waals surface area contributed by atoms with Crippen LogP contribution in [0, 0.1) is 10.1 Å². The molecule has 1 aliphatic rings. The summed E-state index contributed by atoms with van der Waals surface area (Å²) in [4.78, 5) is 58.4. The molecule has 0 spiro atoms. The highest BCUT2D eigenvalue weighted by Crippen LogP contribution is 2.40. The van der Waals surface area contributed by atoms with Crippen molar-refractivity contribution in [3.63, 3.8) is 0 Å². The van der Waals surface area contributed by atoms with Crippen LogP contribution in [0.25, 0.3) is 0 Å². The summed E-state index contributed by atoms with van der Waals surface area (Å²) in [7, 11) is 1.37. The Morgan fingerprint density at radius 3 is 2.50 bits per heavy atom. The van der Waals surface area contributed by atoms with Crippen LogP contribution in [0.2, 0.25) is 0 Å². The lowest BCUT2D eigenvalue weighted by atomic mass is 9.95. The minimum Gasteiger partial charge on any atom is -0.493 e. The molecule has 1 fully saturated rings. The molecule has 1 heterocycles. The number of alkyl halides is 1. The van der Waals surface area contributed by atoms with E-state index in [1.807, 2.05) is 0 Å². The van der Waals surface area contributed by atoms with Crippen LogP contribution in [0.3, 0.4) is 0 Å². The second-order valence-corrected chi connectivity index (χ2v) is 7.56. The van der Waals surface area contributed by atoms with Gasteiger partial charge < -0.3 is 14.8 Å². The predicted octanol–water partition coefficient (Wildman–Crippen LogP) is 2.08. The number of hydrazine groups is 1. The standard InChI is InChI=1S/C21H19ClN4O8/c1-11(27)34-15-8-7-12(9-16(15)33-2)20-19(22)21(30)25(20)24-18(29)10-17(28)23-13-5-3-4-6-14(13)26(31)32/h3-9,19-20H,10H2,1-2H3,(H,23,28)(H,24,29)/t19-,20+/m0/s1. The molecule has 2 aromatic carbocycles. The van der Waals surface area contributed by atoms with E-state index in [2.05, 4.69) is 10.7 Å². The number of benzene rings is 2. The number of para-hydroxylation sites is 2. The van der Waals surface area contributed by atoms with Crippen LogP contribution in [0.15, 0.2) is 42.5 Å². The fourth-order valence-corrected chi connectivity index (χ4v) is 3.62. The van der Waals surface area contributed by atoms with Gasteiger partial charge >= 0.3 is 5.97 Å². The normalized spacial score (nSPS) is 16.8. The molecule has 0 bridgehead atoms. The molecule has 13 heteroatoms. The molecule has 2 N–H and O–H groups in total. The van der Waals surface area contributed by atoms with Gasteiger partial charge in [-0.15, -0.1) is 11.6 Å². The number of hydrogen-bond donors (Lipinski definition) is 2. The SMILES string of the molecule is COc1cc([C@@H]2[C@H](Cl)C(=O)N2NC(=O)CC(=O)Nc2ccccc2[N+](=O)[O-])ccc1OC(C)=O. The number of carbonyl (C=O) groups is 4. The maximum Gasteiger partial charge on any atom is 0.308 e. The topological polar surface area (TPSA) is 157 Å². The molecule has 0 radical (unpaired) electrons. The first-order chi connectivity index (χ1) is 16.1. The largest absolute Gasteiger partial charge is 0.493 e. The van der Waals surface area contributed by atoms with Gasteiger partial charge in [-0.25, -0.2) is 5.01 Å². The minimum atomic E-state index is -0.995. The third-order valence-electron chi connectivity index (χ3n) is 4.75. The van der Waals surface area contributed by atoms with E-state index >= 15 is 0 Å². The number of esters is 1. The molecular weight excluding hydrogens is 472 g/mol. The quantitative estimate of drug-likeness (QED) is 0.108. The Bertz CT molecular complexity index is 1170. The highest BCUT2D eigenvalue weighted by Gasteiger charge is 2.48. The summed E-state index contributed by atoms with van der Waals surface area (Å²) in [5, 5.41) is 13.3. The van der Waals surface area contributed by atoms with Gasteiger partial charge in [0.1, 0.15) is 23.5 Å². The molecule has 34 heavy (non-hydrogen) atoms. The van der Waals surface area contributed by atoms with Crippen molar-refractivity contribution in [1.82, 2.24) is 10.4 Å². The smallest absolute Gasteiger partial charge is 0.308 e. The Morgan fingerprint density at radius 1 is 1.15 bits per heavy atom. The number of rotatable bonds is 8. The summed E-state index contributed by atoms with van der Waals surface area (Å²) in [5.74, 6) is -2.41. The number of anilines is 1. The summed E-state index contributed by atoms with van der Waals surface area (Å²) < 4.78 is 10.3. The molecule has 0 unspecified atom stereocenters. The number of halogens is 1. The van der Waals surface area contributed by atoms with Gasteiger partial charge in [0.15, 0.2) is 11.5 Å². The van der Waals surface area contributed by atoms with Gasteiger partial charge in [-0.05, 0) is 23.8 Å². The highest BCUT2D eigenvalue weighted by molar-refractivity contribution is 6.33. The Kier molecular flexibility index (Phi) is 7.31. The number of nitrogens with one attached hydrogen (secondary N) is 2. The number of nitro groups is 1. The lowest BCUT2D eigenvalue weighted by molar-refractivity contribution is -0.383. The molecule has 2 atom stereocenters. The Hall–Kier alpha value is -4.19. The summed E-state index contributed by atoms with van der Waals surface area (Å²) in [6, 6.07) is 9.20. The van der Waals surface area contributed by atoms with E-state index < -0.39 is 46.5 Å². The molecule has 1 saturated heterocycles. The number of nitro benzene ring substituents is 1. The van der Waals surface area contributed by atoms with Crippen LogP contribution in [-0.2, 0) is 19.2 Å². The Labute approximate surface area is 197 Å². The lowest BCUT2D eigenvalue weighted by Gasteiger charge is -2.44. The molecule has 2 aromatic rings. The number of nitrogens with zero attached hydrogens (tertiary/aromatic N) is 2. The maximum atomic E-state index is 12.4. The zero-order valence-electron chi connectivity index (χ0n) is 17.9. The highest BCUT2D eigenvalue weighted by atomic mass is 35.5. The van der Waals surface area contributed by atoms with Crippen molar-refractivity contribution in [2.45, 2.75) is 24.8 Å². The summed E-state index contributed by atoms with van der Waals surface area (Å²) in [6.07, 6.45) is -0.704. The van der Waals surface area contributed by atoms with E-state index in [1.54, 1.807) is 6.07 Å². The van der Waals surface area contributed by atoms with E-state index in [0.29, 0.717) is 5.56 Å². The maximum absolute atomic E-state index is 12.4. The lowest BCUT2D eigenvalue weighted by Crippen LogP contribution is -2.63. The minimum absolute atomic E-state index is 0.0657. The van der Waals surface area contributed by atoms with Gasteiger partial charge in [-0.1, -0.05) is 18.2 Å². The number of amides is 3. The van der Waals surface area contributed by atoms with Gasteiger partial charge in [0.05, 0.1) is 12.0 Å². The van der Waals surface area contributed by atoms with Crippen LogP contribution in [-0.4, -0.2) is 46.1 Å². The number of hydrogen-bond acceptors (Lipinski definition) is 8. The molecule has 3 amide bonds. The number of β-lactam (4-membered cyclic amide) rings is 1. The fourth-order valence-electron chi connectivity index (χ4n) is 3.26. The summed E-state index contributed by atoms with van der Waals surface area (Å²) in [5.41, 5.74) is 2.41. The van der Waals surface area contributed by atoms with Crippen LogP contribution >= 0.6 is 11.6 Å². The molecule has 3 rings (SSSR count). The fraction of sp³-hybridized carbons (Fsp3) is 0.238. The Balaban J connectivity index is 1.68. The van der Waals surface area contributed by atoms with Crippen molar-refractivity contribution in [3.8, 4) is 11.5 Å². The molecular formula is C21H19ClN4O8. The molecule has 178 valence electrons. The van der Waals surface area contributed by atoms with Crippen LogP contribution in [0.5, 0.6) is 11.5 Å². The number of methoxy groups -OCH3 is 1. The van der Waals surface area contributed by atoms with Gasteiger partial charge in [-0.2, -0.15) is 0 Å². The predicted molar refractivity (Wildman–Crippen MR) is 118 cm³/mol. The summed E-state index contributed by atoms with van der Waals surface area (Å²) in [6.45, 7) is 1.23. The average Bonchev–Trinajstić information content (AvgIpc) is 2.78. The molecule has 12 nitrogen and oxygen atoms in total. The van der Waals surface area contributed by atoms with E-state index in [4.69, 9.17) is 21.1 Å². The van der Waals surface area contributed by atoms with E-state index in [1.165, 1.54) is 50.4 Å². The van der Waals surface area contributed by atoms with Gasteiger partial charge in [-0.3, -0.25) is 34.7 Å². The van der Waals surface area contributed by atoms with E-state index in [9.17, 15) is 29.3 Å². The van der Waals surface area contributed by atoms with Crippen LogP contribution in [0.1, 0.15) is 24.9 Å². The van der Waals surface area contributed by atoms with Crippen molar-refractivity contribution in [3.05, 3.63) is 58.1 Å². The third-order valence-corrected chi connectivity index (χ3v) is 5.18. The van der Waals surface area contributed by atoms with Crippen LogP contribution < -0.4 is 20.2 Å². The molecule has 1 aliphatic heterocycles. The van der Waals surface area contributed by atoms with Gasteiger partial charge in [0, 0.05) is 13.0 Å². The molecule has 0 saturated carbocycles. The summed E-state index contributed by atoms with van der Waals surface area (Å²) >= 11 is 6.15. The van der Waals surface area contributed by atoms with Crippen molar-refractivity contribution in [2.75, 3.05) is 12.4 Å². The van der Waals surface area contributed by atoms with Crippen LogP contribution in [0.4, 0.5) is 11.4 Å². The van der Waals surface area contributed by atoms with Crippen molar-refractivity contribution >= 4 is 46.7 Å². The molecule has 0 aromatic heterocycles. The zero-order chi connectivity index (χ0) is 25.0. The number of carbonyl (C=O) groups excluding carboxylic acids is 4. The first-order valence-corrected chi connectivity index (χ1v) is 10.2. The van der Waals surface area contributed by atoms with E-state index in [0.717, 1.165) is 5.01 Å². The number of ether oxygens (including phenoxy) is 2. The van der Waals surface area contributed by atoms with Crippen molar-refractivity contribution < 1.29 is 33.6 Å². The monoisotopic (exact) mass is 490 g/mol. The Morgan fingerprint density at radius 2 is 1.85 bits per heavy atom. The van der Waals surface area contributed by atoms with Crippen molar-refractivity contribution in [1.29, 1.82) is 0 Å². The first-order valence-electron chi connectivity index (χ1n) is 9.78. The second-order valence-electron chi connectivity index (χ2n) is 7.09. The van der Waals surface area contributed by atoms with Crippen molar-refractivity contribution in [2.24, 2.45) is 0 Å².